The summed E-state index contributed by atoms with van der Waals surface area (Å²) in [6, 6.07) is 10.8. The lowest BCUT2D eigenvalue weighted by Crippen LogP contribution is -2.30. The number of aliphatic hydroxyl groups is 1. The van der Waals surface area contributed by atoms with Crippen molar-refractivity contribution < 1.29 is 14.7 Å². The molecule has 2 N–H and O–H groups in total. The minimum Gasteiger partial charge on any atom is -0.503 e. The number of nitrogens with one attached hydrogen (secondary N) is 1. The van der Waals surface area contributed by atoms with Gasteiger partial charge in [0.15, 0.2) is 11.5 Å². The molecule has 1 aromatic carbocycles. The Morgan fingerprint density at radius 1 is 1.24 bits per heavy atom. The molecule has 4 rings (SSSR count). The Labute approximate surface area is 168 Å². The SMILES string of the molecule is CC(C)CC(=O)C1=C(O)C(=O)N(Cc2cccnc2)C1c1c[nH]c2ccccc12. The third kappa shape index (κ3) is 3.42. The van der Waals surface area contributed by atoms with E-state index in [9.17, 15) is 14.7 Å². The maximum atomic E-state index is 13.0. The van der Waals surface area contributed by atoms with E-state index in [0.29, 0.717) is 0 Å². The molecule has 0 saturated carbocycles. The highest BCUT2D eigenvalue weighted by Gasteiger charge is 2.44. The number of pyridine rings is 1. The summed E-state index contributed by atoms with van der Waals surface area (Å²) in [5, 5.41) is 11.6. The van der Waals surface area contributed by atoms with E-state index in [1.54, 1.807) is 23.4 Å². The third-order valence-electron chi connectivity index (χ3n) is 5.19. The van der Waals surface area contributed by atoms with E-state index in [1.165, 1.54) is 0 Å². The van der Waals surface area contributed by atoms with Gasteiger partial charge in [-0.05, 0) is 23.6 Å². The molecule has 3 aromatic rings. The van der Waals surface area contributed by atoms with Crippen LogP contribution in [0.15, 0.2) is 66.3 Å². The second kappa shape index (κ2) is 7.54. The lowest BCUT2D eigenvalue weighted by atomic mass is 9.92. The highest BCUT2D eigenvalue weighted by molar-refractivity contribution is 6.09. The normalized spacial score (nSPS) is 17.0. The number of hydrogen-bond donors (Lipinski definition) is 2. The minimum absolute atomic E-state index is 0.119. The van der Waals surface area contributed by atoms with E-state index >= 15 is 0 Å². The number of nitrogens with zero attached hydrogens (tertiary/aromatic N) is 2. The van der Waals surface area contributed by atoms with Crippen LogP contribution < -0.4 is 0 Å². The molecule has 148 valence electrons. The number of carbonyl (C=O) groups is 2. The molecule has 29 heavy (non-hydrogen) atoms. The van der Waals surface area contributed by atoms with Crippen molar-refractivity contribution in [2.75, 3.05) is 0 Å². The highest BCUT2D eigenvalue weighted by Crippen LogP contribution is 2.42. The van der Waals surface area contributed by atoms with Gasteiger partial charge >= 0.3 is 0 Å². The van der Waals surface area contributed by atoms with Gasteiger partial charge in [0, 0.05) is 48.0 Å². The Balaban J connectivity index is 1.83. The molecule has 1 unspecified atom stereocenters. The number of rotatable bonds is 6. The summed E-state index contributed by atoms with van der Waals surface area (Å²) in [5.41, 5.74) is 2.72. The molecular formula is C23H23N3O3. The summed E-state index contributed by atoms with van der Waals surface area (Å²) in [6.45, 7) is 4.14. The van der Waals surface area contributed by atoms with Gasteiger partial charge in [-0.25, -0.2) is 0 Å². The van der Waals surface area contributed by atoms with Gasteiger partial charge in [0.1, 0.15) is 0 Å². The molecule has 0 fully saturated rings. The molecule has 3 heterocycles. The molecule has 0 bridgehead atoms. The largest absolute Gasteiger partial charge is 0.503 e. The first kappa shape index (κ1) is 18.9. The fourth-order valence-electron chi connectivity index (χ4n) is 3.91. The summed E-state index contributed by atoms with van der Waals surface area (Å²) < 4.78 is 0. The van der Waals surface area contributed by atoms with Gasteiger partial charge in [-0.15, -0.1) is 0 Å². The first-order valence-corrected chi connectivity index (χ1v) is 9.69. The van der Waals surface area contributed by atoms with Gasteiger partial charge in [-0.1, -0.05) is 38.1 Å². The summed E-state index contributed by atoms with van der Waals surface area (Å²) in [5.74, 6) is -1.06. The van der Waals surface area contributed by atoms with Crippen LogP contribution in [0.3, 0.4) is 0 Å². The molecule has 1 atom stereocenters. The third-order valence-corrected chi connectivity index (χ3v) is 5.19. The quantitative estimate of drug-likeness (QED) is 0.665. The Morgan fingerprint density at radius 3 is 2.76 bits per heavy atom. The van der Waals surface area contributed by atoms with Crippen molar-refractivity contribution in [2.45, 2.75) is 32.9 Å². The topological polar surface area (TPSA) is 86.3 Å². The Hall–Kier alpha value is -3.41. The molecule has 1 aliphatic heterocycles. The lowest BCUT2D eigenvalue weighted by Gasteiger charge is -2.26. The first-order chi connectivity index (χ1) is 14.0. The molecule has 0 radical (unpaired) electrons. The number of hydrogen-bond acceptors (Lipinski definition) is 4. The zero-order chi connectivity index (χ0) is 20.5. The Kier molecular flexibility index (Phi) is 4.92. The fourth-order valence-corrected chi connectivity index (χ4v) is 3.91. The molecule has 6 nitrogen and oxygen atoms in total. The Bertz CT molecular complexity index is 1100. The lowest BCUT2D eigenvalue weighted by molar-refractivity contribution is -0.130. The standard InChI is InChI=1S/C23H23N3O3/c1-14(2)10-19(27)20-21(17-12-25-18-8-4-3-7-16(17)18)26(23(29)22(20)28)13-15-6-5-9-24-11-15/h3-9,11-12,14,21,25,28H,10,13H2,1-2H3. The number of H-pyrrole nitrogens is 1. The number of ketones is 1. The van der Waals surface area contributed by atoms with Gasteiger partial charge in [0.2, 0.25) is 0 Å². The number of para-hydroxylation sites is 1. The zero-order valence-corrected chi connectivity index (χ0v) is 16.4. The molecule has 0 spiro atoms. The van der Waals surface area contributed by atoms with Crippen LogP contribution in [-0.4, -0.2) is 31.7 Å². The maximum Gasteiger partial charge on any atom is 0.290 e. The van der Waals surface area contributed by atoms with Crippen LogP contribution in [0.1, 0.15) is 37.4 Å². The number of fused-ring (bicyclic) bond motifs is 1. The average Bonchev–Trinajstić information content (AvgIpc) is 3.22. The van der Waals surface area contributed by atoms with Crippen LogP contribution in [-0.2, 0) is 16.1 Å². The first-order valence-electron chi connectivity index (χ1n) is 9.69. The molecule has 0 saturated heterocycles. The second-order valence-electron chi connectivity index (χ2n) is 7.77. The highest BCUT2D eigenvalue weighted by atomic mass is 16.3. The van der Waals surface area contributed by atoms with Crippen molar-refractivity contribution in [1.82, 2.24) is 14.9 Å². The number of amides is 1. The van der Waals surface area contributed by atoms with Gasteiger partial charge < -0.3 is 15.0 Å². The zero-order valence-electron chi connectivity index (χ0n) is 16.4. The van der Waals surface area contributed by atoms with E-state index in [-0.39, 0.29) is 30.2 Å². The Morgan fingerprint density at radius 2 is 2.03 bits per heavy atom. The van der Waals surface area contributed by atoms with E-state index in [4.69, 9.17) is 0 Å². The predicted molar refractivity (Wildman–Crippen MR) is 110 cm³/mol. The predicted octanol–water partition coefficient (Wildman–Crippen LogP) is 4.07. The number of Topliss-reactive ketones (excluding diaryl/α,β-unsaturated/α-hetero) is 1. The summed E-state index contributed by atoms with van der Waals surface area (Å²) >= 11 is 0. The minimum atomic E-state index is -0.648. The van der Waals surface area contributed by atoms with Crippen molar-refractivity contribution in [1.29, 1.82) is 0 Å². The molecule has 2 aromatic heterocycles. The van der Waals surface area contributed by atoms with Gasteiger partial charge in [-0.3, -0.25) is 14.6 Å². The van der Waals surface area contributed by atoms with Crippen molar-refractivity contribution in [3.63, 3.8) is 0 Å². The van der Waals surface area contributed by atoms with E-state index in [0.717, 1.165) is 22.0 Å². The van der Waals surface area contributed by atoms with Crippen molar-refractivity contribution in [2.24, 2.45) is 5.92 Å². The van der Waals surface area contributed by atoms with Gasteiger partial charge in [-0.2, -0.15) is 0 Å². The van der Waals surface area contributed by atoms with E-state index < -0.39 is 17.7 Å². The molecule has 1 aliphatic rings. The van der Waals surface area contributed by atoms with Gasteiger partial charge in [0.05, 0.1) is 11.6 Å². The molecule has 6 heteroatoms. The number of aromatic amines is 1. The van der Waals surface area contributed by atoms with Crippen LogP contribution in [0.25, 0.3) is 10.9 Å². The van der Waals surface area contributed by atoms with Crippen molar-refractivity contribution in [3.05, 3.63) is 77.4 Å². The van der Waals surface area contributed by atoms with Crippen LogP contribution in [0.2, 0.25) is 0 Å². The maximum absolute atomic E-state index is 13.0. The average molecular weight is 389 g/mol. The fraction of sp³-hybridized carbons (Fsp3) is 0.261. The summed E-state index contributed by atoms with van der Waals surface area (Å²) in [4.78, 5) is 34.9. The number of aromatic nitrogens is 2. The van der Waals surface area contributed by atoms with Crippen molar-refractivity contribution >= 4 is 22.6 Å². The smallest absolute Gasteiger partial charge is 0.290 e. The molecule has 0 aliphatic carbocycles. The van der Waals surface area contributed by atoms with Crippen LogP contribution in [0.5, 0.6) is 0 Å². The molecular weight excluding hydrogens is 366 g/mol. The van der Waals surface area contributed by atoms with E-state index in [1.807, 2.05) is 50.4 Å². The van der Waals surface area contributed by atoms with Crippen molar-refractivity contribution in [3.8, 4) is 0 Å². The number of aliphatic hydroxyl groups excluding tert-OH is 1. The number of benzene rings is 1. The van der Waals surface area contributed by atoms with Gasteiger partial charge in [0.25, 0.3) is 5.91 Å². The van der Waals surface area contributed by atoms with Crippen LogP contribution >= 0.6 is 0 Å². The summed E-state index contributed by atoms with van der Waals surface area (Å²) in [7, 11) is 0. The van der Waals surface area contributed by atoms with E-state index in [2.05, 4.69) is 9.97 Å². The second-order valence-corrected chi connectivity index (χ2v) is 7.77. The monoisotopic (exact) mass is 389 g/mol. The van der Waals surface area contributed by atoms with Crippen LogP contribution in [0.4, 0.5) is 0 Å². The van der Waals surface area contributed by atoms with Crippen LogP contribution in [0, 0.1) is 5.92 Å². The molecule has 1 amide bonds. The number of carbonyl (C=O) groups excluding carboxylic acids is 2. The summed E-state index contributed by atoms with van der Waals surface area (Å²) in [6.07, 6.45) is 5.44.